The average Bonchev–Trinajstić information content (AvgIpc) is 3.32. The van der Waals surface area contributed by atoms with Gasteiger partial charge in [0.15, 0.2) is 0 Å². The molecule has 2 heterocycles. The zero-order valence-electron chi connectivity index (χ0n) is 19.5. The largest absolute Gasteiger partial charge is 0.489 e. The summed E-state index contributed by atoms with van der Waals surface area (Å²) >= 11 is 0. The molecule has 2 aromatic carbocycles. The van der Waals surface area contributed by atoms with Crippen molar-refractivity contribution in [1.82, 2.24) is 20.2 Å². The van der Waals surface area contributed by atoms with Crippen molar-refractivity contribution in [2.75, 3.05) is 5.32 Å². The maximum Gasteiger partial charge on any atom is 0.338 e. The number of nitrogens with zero attached hydrogens (tertiary/aromatic N) is 4. The van der Waals surface area contributed by atoms with Crippen molar-refractivity contribution in [2.24, 2.45) is 0 Å². The lowest BCUT2D eigenvalue weighted by Crippen LogP contribution is -2.32. The molecule has 0 amide bonds. The molecule has 1 N–H and O–H groups in total. The lowest BCUT2D eigenvalue weighted by Gasteiger charge is -2.30. The number of hydrogen-bond acceptors (Lipinski definition) is 7. The molecule has 5 rings (SSSR count). The van der Waals surface area contributed by atoms with Crippen LogP contribution >= 0.6 is 0 Å². The third-order valence-electron chi connectivity index (χ3n) is 6.49. The maximum atomic E-state index is 13.5. The van der Waals surface area contributed by atoms with Crippen molar-refractivity contribution in [3.05, 3.63) is 76.5 Å². The van der Waals surface area contributed by atoms with Gasteiger partial charge >= 0.3 is 5.97 Å². The number of fused-ring (bicyclic) bond motifs is 1. The summed E-state index contributed by atoms with van der Waals surface area (Å²) in [6.07, 6.45) is 5.13. The van der Waals surface area contributed by atoms with Crippen LogP contribution in [0, 0.1) is 6.92 Å². The van der Waals surface area contributed by atoms with E-state index >= 15 is 0 Å². The Kier molecular flexibility index (Phi) is 6.29. The fraction of sp³-hybridized carbons (Fsp3) is 0.385. The molecule has 1 unspecified atom stereocenters. The Morgan fingerprint density at radius 2 is 1.82 bits per heavy atom. The van der Waals surface area contributed by atoms with Gasteiger partial charge in [0.25, 0.3) is 0 Å². The quantitative estimate of drug-likeness (QED) is 0.533. The van der Waals surface area contributed by atoms with E-state index in [1.807, 2.05) is 31.2 Å². The number of benzene rings is 2. The van der Waals surface area contributed by atoms with E-state index in [1.165, 1.54) is 12.0 Å². The van der Waals surface area contributed by atoms with Crippen molar-refractivity contribution >= 4 is 11.9 Å². The third-order valence-corrected chi connectivity index (χ3v) is 6.49. The standard InChI is InChI=1S/C26H29N5O3/c1-17-12-14-19(15-13-17)16-33-22-11-7-6-10-21(22)24-23(18(2)27-26-28-29-30-31(24)26)25(32)34-20-8-4-3-5-9-20/h6-7,10-15,20,24H,3-5,8-9,16H2,1-2H3,(H,27,28,30). The Bertz CT molecular complexity index is 1200. The summed E-state index contributed by atoms with van der Waals surface area (Å²) in [4.78, 5) is 13.5. The summed E-state index contributed by atoms with van der Waals surface area (Å²) in [6, 6.07) is 15.4. The van der Waals surface area contributed by atoms with E-state index in [2.05, 4.69) is 52.0 Å². The fourth-order valence-corrected chi connectivity index (χ4v) is 4.65. The van der Waals surface area contributed by atoms with Gasteiger partial charge in [0.1, 0.15) is 24.5 Å². The first kappa shape index (κ1) is 22.1. The van der Waals surface area contributed by atoms with E-state index in [9.17, 15) is 4.79 Å². The number of para-hydroxylation sites is 1. The molecule has 2 aliphatic rings. The van der Waals surface area contributed by atoms with Crippen molar-refractivity contribution in [3.8, 4) is 5.75 Å². The molecule has 1 aromatic heterocycles. The van der Waals surface area contributed by atoms with E-state index in [1.54, 1.807) is 4.68 Å². The van der Waals surface area contributed by atoms with Crippen LogP contribution in [0.15, 0.2) is 59.8 Å². The minimum Gasteiger partial charge on any atom is -0.489 e. The number of carbonyl (C=O) groups is 1. The van der Waals surface area contributed by atoms with Gasteiger partial charge in [-0.1, -0.05) is 59.5 Å². The number of carbonyl (C=O) groups excluding carboxylic acids is 1. The average molecular weight is 460 g/mol. The molecule has 1 atom stereocenters. The minimum atomic E-state index is -0.559. The Hall–Kier alpha value is -3.68. The maximum absolute atomic E-state index is 13.5. The second kappa shape index (κ2) is 9.67. The Morgan fingerprint density at radius 1 is 1.06 bits per heavy atom. The van der Waals surface area contributed by atoms with Crippen LogP contribution in [0.2, 0.25) is 0 Å². The molecule has 1 aliphatic heterocycles. The molecule has 1 saturated carbocycles. The van der Waals surface area contributed by atoms with E-state index in [0.717, 1.165) is 36.8 Å². The van der Waals surface area contributed by atoms with Crippen LogP contribution in [-0.4, -0.2) is 32.3 Å². The topological polar surface area (TPSA) is 91.2 Å². The molecule has 3 aromatic rings. The first-order valence-corrected chi connectivity index (χ1v) is 11.8. The van der Waals surface area contributed by atoms with E-state index in [0.29, 0.717) is 29.6 Å². The van der Waals surface area contributed by atoms with Gasteiger partial charge in [-0.25, -0.2) is 4.79 Å². The summed E-state index contributed by atoms with van der Waals surface area (Å²) in [5.41, 5.74) is 4.25. The zero-order valence-corrected chi connectivity index (χ0v) is 19.5. The molecule has 176 valence electrons. The van der Waals surface area contributed by atoms with Crippen LogP contribution in [0.5, 0.6) is 5.75 Å². The van der Waals surface area contributed by atoms with E-state index in [4.69, 9.17) is 9.47 Å². The minimum absolute atomic E-state index is 0.0505. The number of allylic oxidation sites excluding steroid dienone is 1. The van der Waals surface area contributed by atoms with Crippen LogP contribution in [0.3, 0.4) is 0 Å². The number of aromatic nitrogens is 4. The number of nitrogens with one attached hydrogen (secondary N) is 1. The van der Waals surface area contributed by atoms with Gasteiger partial charge in [0.2, 0.25) is 5.95 Å². The van der Waals surface area contributed by atoms with Gasteiger partial charge in [-0.2, -0.15) is 4.68 Å². The number of ether oxygens (including phenoxy) is 2. The summed E-state index contributed by atoms with van der Waals surface area (Å²) in [7, 11) is 0. The molecule has 8 nitrogen and oxygen atoms in total. The van der Waals surface area contributed by atoms with Crippen LogP contribution in [-0.2, 0) is 16.1 Å². The number of esters is 1. The van der Waals surface area contributed by atoms with Gasteiger partial charge in [0, 0.05) is 11.3 Å². The van der Waals surface area contributed by atoms with E-state index < -0.39 is 6.04 Å². The van der Waals surface area contributed by atoms with Gasteiger partial charge in [-0.3, -0.25) is 0 Å². The van der Waals surface area contributed by atoms with Gasteiger partial charge in [-0.15, -0.1) is 0 Å². The highest BCUT2D eigenvalue weighted by Crippen LogP contribution is 2.39. The van der Waals surface area contributed by atoms with Gasteiger partial charge < -0.3 is 14.8 Å². The molecule has 0 saturated heterocycles. The van der Waals surface area contributed by atoms with E-state index in [-0.39, 0.29) is 12.1 Å². The SMILES string of the molecule is CC1=C(C(=O)OC2CCCCC2)C(c2ccccc2OCc2ccc(C)cc2)n2nnnc2N1. The number of anilines is 1. The van der Waals surface area contributed by atoms with Crippen molar-refractivity contribution in [1.29, 1.82) is 0 Å². The summed E-state index contributed by atoms with van der Waals surface area (Å²) < 4.78 is 13.8. The highest BCUT2D eigenvalue weighted by molar-refractivity contribution is 5.92. The smallest absolute Gasteiger partial charge is 0.338 e. The Labute approximate surface area is 199 Å². The number of hydrogen-bond donors (Lipinski definition) is 1. The van der Waals surface area contributed by atoms with Crippen LogP contribution < -0.4 is 10.1 Å². The van der Waals surface area contributed by atoms with Crippen molar-refractivity contribution < 1.29 is 14.3 Å². The van der Waals surface area contributed by atoms with Gasteiger partial charge in [-0.05, 0) is 61.6 Å². The second-order valence-electron chi connectivity index (χ2n) is 8.99. The molecule has 8 heteroatoms. The summed E-state index contributed by atoms with van der Waals surface area (Å²) in [6.45, 7) is 4.33. The highest BCUT2D eigenvalue weighted by atomic mass is 16.5. The third kappa shape index (κ3) is 4.53. The predicted molar refractivity (Wildman–Crippen MR) is 127 cm³/mol. The molecule has 34 heavy (non-hydrogen) atoms. The summed E-state index contributed by atoms with van der Waals surface area (Å²) in [5, 5.41) is 15.3. The normalized spacial score (nSPS) is 18.2. The monoisotopic (exact) mass is 459 g/mol. The van der Waals surface area contributed by atoms with Gasteiger partial charge in [0.05, 0.1) is 5.57 Å². The molecular weight excluding hydrogens is 430 g/mol. The molecule has 0 radical (unpaired) electrons. The lowest BCUT2D eigenvalue weighted by atomic mass is 9.94. The lowest BCUT2D eigenvalue weighted by molar-refractivity contribution is -0.146. The first-order chi connectivity index (χ1) is 16.6. The van der Waals surface area contributed by atoms with Crippen LogP contribution in [0.1, 0.15) is 61.8 Å². The number of aryl methyl sites for hydroxylation is 1. The van der Waals surface area contributed by atoms with Crippen molar-refractivity contribution in [3.63, 3.8) is 0 Å². The Morgan fingerprint density at radius 3 is 2.62 bits per heavy atom. The molecule has 1 fully saturated rings. The Balaban J connectivity index is 1.47. The molecule has 0 bridgehead atoms. The summed E-state index contributed by atoms with van der Waals surface area (Å²) in [5.74, 6) is 0.814. The fourth-order valence-electron chi connectivity index (χ4n) is 4.65. The molecule has 0 spiro atoms. The zero-order chi connectivity index (χ0) is 23.5. The predicted octanol–water partition coefficient (Wildman–Crippen LogP) is 4.73. The molecule has 1 aliphatic carbocycles. The molecular formula is C26H29N5O3. The van der Waals surface area contributed by atoms with Crippen LogP contribution in [0.4, 0.5) is 5.95 Å². The number of rotatable bonds is 6. The highest BCUT2D eigenvalue weighted by Gasteiger charge is 2.37. The number of tetrazole rings is 1. The van der Waals surface area contributed by atoms with Crippen molar-refractivity contribution in [2.45, 2.75) is 64.7 Å². The second-order valence-corrected chi connectivity index (χ2v) is 8.99. The first-order valence-electron chi connectivity index (χ1n) is 11.8. The van der Waals surface area contributed by atoms with Crippen LogP contribution in [0.25, 0.3) is 0 Å².